The van der Waals surface area contributed by atoms with Crippen molar-refractivity contribution in [2.45, 2.75) is 12.8 Å². The largest absolute Gasteiger partial charge is 0.493 e. The van der Waals surface area contributed by atoms with E-state index < -0.39 is 0 Å². The van der Waals surface area contributed by atoms with Crippen LogP contribution in [0, 0.1) is 0 Å². The van der Waals surface area contributed by atoms with Crippen LogP contribution in [0.15, 0.2) is 18.2 Å². The molecule has 0 bridgehead atoms. The first kappa shape index (κ1) is 14.3. The molecule has 0 aromatic heterocycles. The number of ether oxygens (including phenoxy) is 2. The van der Waals surface area contributed by atoms with Gasteiger partial charge in [-0.3, -0.25) is 4.79 Å². The van der Waals surface area contributed by atoms with Crippen molar-refractivity contribution in [1.82, 2.24) is 5.32 Å². The van der Waals surface area contributed by atoms with E-state index in [1.165, 1.54) is 0 Å². The zero-order valence-corrected chi connectivity index (χ0v) is 10.9. The van der Waals surface area contributed by atoms with E-state index >= 15 is 0 Å². The second kappa shape index (κ2) is 7.55. The molecule has 5 heteroatoms. The van der Waals surface area contributed by atoms with E-state index in [9.17, 15) is 4.79 Å². The van der Waals surface area contributed by atoms with Gasteiger partial charge in [-0.1, -0.05) is 6.07 Å². The van der Waals surface area contributed by atoms with Crippen molar-refractivity contribution < 1.29 is 14.3 Å². The molecule has 18 heavy (non-hydrogen) atoms. The Labute approximate surface area is 107 Å². The lowest BCUT2D eigenvalue weighted by atomic mass is 10.1. The van der Waals surface area contributed by atoms with Crippen molar-refractivity contribution in [2.24, 2.45) is 5.73 Å². The molecule has 0 unspecified atom stereocenters. The van der Waals surface area contributed by atoms with E-state index in [4.69, 9.17) is 15.2 Å². The summed E-state index contributed by atoms with van der Waals surface area (Å²) in [5, 5.41) is 3.16. The molecule has 0 aliphatic heterocycles. The number of hydrogen-bond donors (Lipinski definition) is 2. The fourth-order valence-corrected chi connectivity index (χ4v) is 1.61. The third-order valence-electron chi connectivity index (χ3n) is 2.59. The first-order chi connectivity index (χ1) is 8.67. The Bertz CT molecular complexity index is 394. The molecule has 5 nitrogen and oxygen atoms in total. The summed E-state index contributed by atoms with van der Waals surface area (Å²) in [7, 11) is 3.23. The maximum atomic E-state index is 10.5. The summed E-state index contributed by atoms with van der Waals surface area (Å²) in [5.41, 5.74) is 6.20. The smallest absolute Gasteiger partial charge is 0.218 e. The van der Waals surface area contributed by atoms with Gasteiger partial charge in [0.2, 0.25) is 5.91 Å². The van der Waals surface area contributed by atoms with Crippen LogP contribution in [0.5, 0.6) is 11.5 Å². The van der Waals surface area contributed by atoms with Crippen LogP contribution in [0.25, 0.3) is 0 Å². The molecule has 1 aromatic rings. The maximum absolute atomic E-state index is 10.5. The van der Waals surface area contributed by atoms with Gasteiger partial charge in [-0.2, -0.15) is 0 Å². The van der Waals surface area contributed by atoms with E-state index in [1.54, 1.807) is 14.2 Å². The standard InChI is InChI=1S/C13H20N2O3/c1-17-11-4-3-10(9-12(11)18-2)5-7-15-8-6-13(14)16/h3-4,9,15H,5-8H2,1-2H3,(H2,14,16). The van der Waals surface area contributed by atoms with Gasteiger partial charge in [0.1, 0.15) is 0 Å². The zero-order valence-electron chi connectivity index (χ0n) is 10.9. The molecule has 1 rings (SSSR count). The third kappa shape index (κ3) is 4.63. The number of hydrogen-bond acceptors (Lipinski definition) is 4. The van der Waals surface area contributed by atoms with Crippen molar-refractivity contribution in [2.75, 3.05) is 27.3 Å². The fraction of sp³-hybridized carbons (Fsp3) is 0.462. The highest BCUT2D eigenvalue weighted by Crippen LogP contribution is 2.27. The number of carbonyl (C=O) groups excluding carboxylic acids is 1. The van der Waals surface area contributed by atoms with Gasteiger partial charge in [-0.05, 0) is 30.7 Å². The first-order valence-corrected chi connectivity index (χ1v) is 5.87. The summed E-state index contributed by atoms with van der Waals surface area (Å²) >= 11 is 0. The average Bonchev–Trinajstić information content (AvgIpc) is 2.37. The van der Waals surface area contributed by atoms with Gasteiger partial charge in [0.25, 0.3) is 0 Å². The maximum Gasteiger partial charge on any atom is 0.218 e. The lowest BCUT2D eigenvalue weighted by molar-refractivity contribution is -0.117. The van der Waals surface area contributed by atoms with Crippen molar-refractivity contribution in [3.05, 3.63) is 23.8 Å². The van der Waals surface area contributed by atoms with Crippen molar-refractivity contribution in [3.8, 4) is 11.5 Å². The molecular weight excluding hydrogens is 232 g/mol. The Kier molecular flexibility index (Phi) is 6.00. The summed E-state index contributed by atoms with van der Waals surface area (Å²) in [5.74, 6) is 1.17. The molecule has 1 aromatic carbocycles. The predicted molar refractivity (Wildman–Crippen MR) is 69.9 cm³/mol. The Morgan fingerprint density at radius 1 is 1.22 bits per heavy atom. The highest BCUT2D eigenvalue weighted by atomic mass is 16.5. The molecule has 0 aliphatic carbocycles. The topological polar surface area (TPSA) is 73.6 Å². The molecule has 0 atom stereocenters. The monoisotopic (exact) mass is 252 g/mol. The first-order valence-electron chi connectivity index (χ1n) is 5.87. The van der Waals surface area contributed by atoms with Crippen LogP contribution in [0.2, 0.25) is 0 Å². The second-order valence-electron chi connectivity index (χ2n) is 3.91. The predicted octanol–water partition coefficient (Wildman–Crippen LogP) is 0.711. The van der Waals surface area contributed by atoms with Gasteiger partial charge < -0.3 is 20.5 Å². The van der Waals surface area contributed by atoms with E-state index in [2.05, 4.69) is 5.32 Å². The number of primary amides is 1. The second-order valence-corrected chi connectivity index (χ2v) is 3.91. The van der Waals surface area contributed by atoms with E-state index in [1.807, 2.05) is 18.2 Å². The van der Waals surface area contributed by atoms with Crippen LogP contribution in [0.1, 0.15) is 12.0 Å². The van der Waals surface area contributed by atoms with Crippen LogP contribution >= 0.6 is 0 Å². The van der Waals surface area contributed by atoms with Gasteiger partial charge in [-0.15, -0.1) is 0 Å². The number of benzene rings is 1. The SMILES string of the molecule is COc1ccc(CCNCCC(N)=O)cc1OC. The number of nitrogens with two attached hydrogens (primary N) is 1. The summed E-state index contributed by atoms with van der Waals surface area (Å²) in [6.45, 7) is 1.41. The fourth-order valence-electron chi connectivity index (χ4n) is 1.61. The van der Waals surface area contributed by atoms with E-state index in [0.29, 0.717) is 13.0 Å². The van der Waals surface area contributed by atoms with Gasteiger partial charge in [0.05, 0.1) is 14.2 Å². The van der Waals surface area contributed by atoms with Gasteiger partial charge in [0, 0.05) is 13.0 Å². The molecule has 100 valence electrons. The van der Waals surface area contributed by atoms with Crippen LogP contribution in [0.3, 0.4) is 0 Å². The van der Waals surface area contributed by atoms with Crippen LogP contribution < -0.4 is 20.5 Å². The van der Waals surface area contributed by atoms with E-state index in [-0.39, 0.29) is 5.91 Å². The molecular formula is C13H20N2O3. The molecule has 0 radical (unpaired) electrons. The summed E-state index contributed by atoms with van der Waals surface area (Å²) in [4.78, 5) is 10.5. The molecule has 1 amide bonds. The number of rotatable bonds is 8. The third-order valence-corrected chi connectivity index (χ3v) is 2.59. The number of nitrogens with one attached hydrogen (secondary N) is 1. The molecule has 0 aliphatic rings. The Morgan fingerprint density at radius 2 is 1.94 bits per heavy atom. The molecule has 3 N–H and O–H groups in total. The van der Waals surface area contributed by atoms with Crippen LogP contribution in [0.4, 0.5) is 0 Å². The van der Waals surface area contributed by atoms with Crippen LogP contribution in [-0.2, 0) is 11.2 Å². The summed E-state index contributed by atoms with van der Waals surface area (Å²) in [6, 6.07) is 5.84. The minimum absolute atomic E-state index is 0.284. The van der Waals surface area contributed by atoms with Crippen LogP contribution in [-0.4, -0.2) is 33.2 Å². The summed E-state index contributed by atoms with van der Waals surface area (Å²) < 4.78 is 10.4. The zero-order chi connectivity index (χ0) is 13.4. The molecule has 0 saturated carbocycles. The van der Waals surface area contributed by atoms with Gasteiger partial charge in [-0.25, -0.2) is 0 Å². The Balaban J connectivity index is 2.40. The lowest BCUT2D eigenvalue weighted by Gasteiger charge is -2.09. The minimum Gasteiger partial charge on any atom is -0.493 e. The molecule has 0 saturated heterocycles. The molecule has 0 fully saturated rings. The number of methoxy groups -OCH3 is 2. The average molecular weight is 252 g/mol. The highest BCUT2D eigenvalue weighted by molar-refractivity contribution is 5.73. The van der Waals surface area contributed by atoms with Gasteiger partial charge >= 0.3 is 0 Å². The van der Waals surface area contributed by atoms with Crippen molar-refractivity contribution >= 4 is 5.91 Å². The van der Waals surface area contributed by atoms with Crippen molar-refractivity contribution in [3.63, 3.8) is 0 Å². The quantitative estimate of drug-likeness (QED) is 0.668. The van der Waals surface area contributed by atoms with Crippen molar-refractivity contribution in [1.29, 1.82) is 0 Å². The van der Waals surface area contributed by atoms with E-state index in [0.717, 1.165) is 30.0 Å². The number of amides is 1. The normalized spacial score (nSPS) is 10.1. The number of carbonyl (C=O) groups is 1. The molecule has 0 spiro atoms. The highest BCUT2D eigenvalue weighted by Gasteiger charge is 2.04. The summed E-state index contributed by atoms with van der Waals surface area (Å²) in [6.07, 6.45) is 1.23. The van der Waals surface area contributed by atoms with Gasteiger partial charge in [0.15, 0.2) is 11.5 Å². The lowest BCUT2D eigenvalue weighted by Crippen LogP contribution is -2.23. The Hall–Kier alpha value is -1.75. The Morgan fingerprint density at radius 3 is 2.56 bits per heavy atom. The minimum atomic E-state index is -0.284. The molecule has 0 heterocycles.